The number of rotatable bonds is 4. The van der Waals surface area contributed by atoms with Gasteiger partial charge < -0.3 is 9.30 Å². The standard InChI is InChI=1S/C12H14ClN3OS/c1-3-16-11(14-15-12(16)18)8(2)17-10-6-4-5-9(13)7-10/h4-8H,3H2,1-2H3,(H,15,18)/t8-/m1/s1. The van der Waals surface area contributed by atoms with Crippen molar-refractivity contribution in [1.82, 2.24) is 14.8 Å². The second-order valence-electron chi connectivity index (χ2n) is 3.85. The van der Waals surface area contributed by atoms with E-state index in [1.54, 1.807) is 12.1 Å². The molecule has 4 nitrogen and oxygen atoms in total. The number of hydrogen-bond acceptors (Lipinski definition) is 3. The Labute approximate surface area is 116 Å². The predicted molar refractivity (Wildman–Crippen MR) is 73.6 cm³/mol. The summed E-state index contributed by atoms with van der Waals surface area (Å²) in [4.78, 5) is 0. The van der Waals surface area contributed by atoms with Crippen LogP contribution in [0.1, 0.15) is 25.8 Å². The van der Waals surface area contributed by atoms with E-state index in [0.29, 0.717) is 15.5 Å². The lowest BCUT2D eigenvalue weighted by molar-refractivity contribution is 0.210. The molecule has 2 rings (SSSR count). The first-order chi connectivity index (χ1) is 8.61. The molecular weight excluding hydrogens is 270 g/mol. The highest BCUT2D eigenvalue weighted by Crippen LogP contribution is 2.23. The van der Waals surface area contributed by atoms with Gasteiger partial charge in [-0.05, 0) is 44.3 Å². The second-order valence-corrected chi connectivity index (χ2v) is 4.67. The third kappa shape index (κ3) is 2.73. The molecule has 1 N–H and O–H groups in total. The first kappa shape index (κ1) is 13.1. The predicted octanol–water partition coefficient (Wildman–Crippen LogP) is 3.75. The zero-order chi connectivity index (χ0) is 13.1. The molecule has 6 heteroatoms. The first-order valence-electron chi connectivity index (χ1n) is 5.69. The lowest BCUT2D eigenvalue weighted by atomic mass is 10.3. The van der Waals surface area contributed by atoms with Gasteiger partial charge in [-0.15, -0.1) is 0 Å². The third-order valence-corrected chi connectivity index (χ3v) is 3.12. The van der Waals surface area contributed by atoms with E-state index < -0.39 is 0 Å². The zero-order valence-corrected chi connectivity index (χ0v) is 11.8. The highest BCUT2D eigenvalue weighted by molar-refractivity contribution is 7.71. The Morgan fingerprint density at radius 2 is 2.33 bits per heavy atom. The van der Waals surface area contributed by atoms with Gasteiger partial charge in [-0.3, -0.25) is 5.10 Å². The van der Waals surface area contributed by atoms with Crippen molar-refractivity contribution in [3.63, 3.8) is 0 Å². The highest BCUT2D eigenvalue weighted by atomic mass is 35.5. The van der Waals surface area contributed by atoms with Crippen LogP contribution >= 0.6 is 23.8 Å². The number of aromatic nitrogens is 3. The molecule has 0 bridgehead atoms. The molecule has 0 aliphatic rings. The molecule has 0 amide bonds. The maximum absolute atomic E-state index is 5.91. The highest BCUT2D eigenvalue weighted by Gasteiger charge is 2.15. The summed E-state index contributed by atoms with van der Waals surface area (Å²) in [6.07, 6.45) is -0.198. The van der Waals surface area contributed by atoms with Crippen LogP contribution in [-0.4, -0.2) is 14.8 Å². The number of H-pyrrole nitrogens is 1. The van der Waals surface area contributed by atoms with Crippen molar-refractivity contribution in [2.45, 2.75) is 26.5 Å². The summed E-state index contributed by atoms with van der Waals surface area (Å²) in [5.74, 6) is 1.49. The Morgan fingerprint density at radius 1 is 1.56 bits per heavy atom. The fourth-order valence-electron chi connectivity index (χ4n) is 1.74. The molecule has 1 heterocycles. The van der Waals surface area contributed by atoms with E-state index in [0.717, 1.165) is 12.4 Å². The number of benzene rings is 1. The van der Waals surface area contributed by atoms with Gasteiger partial charge in [0.25, 0.3) is 0 Å². The van der Waals surface area contributed by atoms with Crippen LogP contribution in [0.4, 0.5) is 0 Å². The summed E-state index contributed by atoms with van der Waals surface area (Å²) >= 11 is 11.1. The normalized spacial score (nSPS) is 12.4. The number of hydrogen-bond donors (Lipinski definition) is 1. The van der Waals surface area contributed by atoms with Gasteiger partial charge in [-0.1, -0.05) is 17.7 Å². The summed E-state index contributed by atoms with van der Waals surface area (Å²) in [6, 6.07) is 7.29. The Hall–Kier alpha value is -1.33. The molecule has 1 aromatic carbocycles. The monoisotopic (exact) mass is 283 g/mol. The summed E-state index contributed by atoms with van der Waals surface area (Å²) < 4.78 is 8.32. The van der Waals surface area contributed by atoms with Crippen LogP contribution in [0.25, 0.3) is 0 Å². The van der Waals surface area contributed by atoms with Crippen LogP contribution in [0.15, 0.2) is 24.3 Å². The molecule has 96 valence electrons. The number of nitrogens with zero attached hydrogens (tertiary/aromatic N) is 2. The fourth-order valence-corrected chi connectivity index (χ4v) is 2.19. The van der Waals surface area contributed by atoms with Gasteiger partial charge in [0.15, 0.2) is 16.7 Å². The third-order valence-electron chi connectivity index (χ3n) is 2.58. The minimum atomic E-state index is -0.198. The van der Waals surface area contributed by atoms with Gasteiger partial charge in [-0.2, -0.15) is 5.10 Å². The van der Waals surface area contributed by atoms with Crippen LogP contribution in [0.2, 0.25) is 5.02 Å². The van der Waals surface area contributed by atoms with E-state index in [9.17, 15) is 0 Å². The largest absolute Gasteiger partial charge is 0.483 e. The summed E-state index contributed by atoms with van der Waals surface area (Å²) in [5.41, 5.74) is 0. The van der Waals surface area contributed by atoms with Crippen molar-refractivity contribution >= 4 is 23.8 Å². The molecule has 0 saturated carbocycles. The molecule has 1 atom stereocenters. The maximum atomic E-state index is 5.91. The minimum absolute atomic E-state index is 0.198. The van der Waals surface area contributed by atoms with E-state index in [1.165, 1.54) is 0 Å². The zero-order valence-electron chi connectivity index (χ0n) is 10.2. The smallest absolute Gasteiger partial charge is 0.195 e. The van der Waals surface area contributed by atoms with Gasteiger partial charge in [0.1, 0.15) is 5.75 Å². The SMILES string of the molecule is CCn1c([C@@H](C)Oc2cccc(Cl)c2)n[nH]c1=S. The number of nitrogens with one attached hydrogen (secondary N) is 1. The van der Waals surface area contributed by atoms with E-state index in [-0.39, 0.29) is 6.10 Å². The van der Waals surface area contributed by atoms with Crippen LogP contribution in [0.5, 0.6) is 5.75 Å². The quantitative estimate of drug-likeness (QED) is 0.869. The Kier molecular flexibility index (Phi) is 4.04. The Balaban J connectivity index is 2.21. The van der Waals surface area contributed by atoms with Crippen molar-refractivity contribution in [1.29, 1.82) is 0 Å². The van der Waals surface area contributed by atoms with Crippen LogP contribution in [0, 0.1) is 4.77 Å². The molecule has 1 aromatic heterocycles. The molecule has 0 radical (unpaired) electrons. The molecule has 0 fully saturated rings. The average molecular weight is 284 g/mol. The topological polar surface area (TPSA) is 42.8 Å². The summed E-state index contributed by atoms with van der Waals surface area (Å²) in [6.45, 7) is 4.70. The van der Waals surface area contributed by atoms with Crippen molar-refractivity contribution in [3.8, 4) is 5.75 Å². The van der Waals surface area contributed by atoms with Gasteiger partial charge >= 0.3 is 0 Å². The number of halogens is 1. The lowest BCUT2D eigenvalue weighted by Crippen LogP contribution is -2.11. The minimum Gasteiger partial charge on any atom is -0.483 e. The lowest BCUT2D eigenvalue weighted by Gasteiger charge is -2.14. The van der Waals surface area contributed by atoms with E-state index in [2.05, 4.69) is 10.2 Å². The molecule has 0 spiro atoms. The fraction of sp³-hybridized carbons (Fsp3) is 0.333. The molecule has 0 saturated heterocycles. The second kappa shape index (κ2) is 5.54. The van der Waals surface area contributed by atoms with Gasteiger partial charge in [0.05, 0.1) is 0 Å². The van der Waals surface area contributed by atoms with Crippen LogP contribution in [-0.2, 0) is 6.54 Å². The molecule has 0 unspecified atom stereocenters. The van der Waals surface area contributed by atoms with Crippen molar-refractivity contribution in [2.24, 2.45) is 0 Å². The van der Waals surface area contributed by atoms with Crippen molar-refractivity contribution < 1.29 is 4.74 Å². The van der Waals surface area contributed by atoms with Crippen molar-refractivity contribution in [2.75, 3.05) is 0 Å². The van der Waals surface area contributed by atoms with Gasteiger partial charge in [0, 0.05) is 11.6 Å². The van der Waals surface area contributed by atoms with Crippen LogP contribution < -0.4 is 4.74 Å². The van der Waals surface area contributed by atoms with E-state index in [4.69, 9.17) is 28.6 Å². The molecule has 2 aromatic rings. The van der Waals surface area contributed by atoms with Crippen LogP contribution in [0.3, 0.4) is 0 Å². The Morgan fingerprint density at radius 3 is 3.00 bits per heavy atom. The molecule has 18 heavy (non-hydrogen) atoms. The average Bonchev–Trinajstić information content (AvgIpc) is 2.70. The molecular formula is C12H14ClN3OS. The van der Waals surface area contributed by atoms with Gasteiger partial charge in [0.2, 0.25) is 0 Å². The van der Waals surface area contributed by atoms with Crippen molar-refractivity contribution in [3.05, 3.63) is 39.9 Å². The molecule has 0 aliphatic carbocycles. The Bertz CT molecular complexity index is 593. The molecule has 0 aliphatic heterocycles. The first-order valence-corrected chi connectivity index (χ1v) is 6.47. The van der Waals surface area contributed by atoms with E-state index in [1.807, 2.05) is 30.5 Å². The maximum Gasteiger partial charge on any atom is 0.195 e. The van der Waals surface area contributed by atoms with Gasteiger partial charge in [-0.25, -0.2) is 0 Å². The number of aromatic amines is 1. The van der Waals surface area contributed by atoms with E-state index >= 15 is 0 Å². The number of ether oxygens (including phenoxy) is 1. The summed E-state index contributed by atoms with van der Waals surface area (Å²) in [7, 11) is 0. The summed E-state index contributed by atoms with van der Waals surface area (Å²) in [5, 5.41) is 7.62.